The van der Waals surface area contributed by atoms with E-state index in [9.17, 15) is 10.1 Å². The predicted molar refractivity (Wildman–Crippen MR) is 58.0 cm³/mol. The summed E-state index contributed by atoms with van der Waals surface area (Å²) in [6, 6.07) is 4.92. The summed E-state index contributed by atoms with van der Waals surface area (Å²) in [6.45, 7) is 3.01. The maximum atomic E-state index is 10.6. The Bertz CT molecular complexity index is 353. The molecule has 0 saturated heterocycles. The zero-order valence-electron chi connectivity index (χ0n) is 8.82. The predicted octanol–water partition coefficient (Wildman–Crippen LogP) is 2.17. The molecule has 0 unspecified atom stereocenters. The van der Waals surface area contributed by atoms with Crippen molar-refractivity contribution in [2.45, 2.75) is 13.5 Å². The topological polar surface area (TPSA) is 64.4 Å². The van der Waals surface area contributed by atoms with Crippen molar-refractivity contribution in [2.75, 3.05) is 19.0 Å². The van der Waals surface area contributed by atoms with Gasteiger partial charge in [-0.3, -0.25) is 10.1 Å². The lowest BCUT2D eigenvalue weighted by molar-refractivity contribution is -0.384. The van der Waals surface area contributed by atoms with Crippen LogP contribution in [-0.4, -0.2) is 18.6 Å². The van der Waals surface area contributed by atoms with Gasteiger partial charge in [0, 0.05) is 19.7 Å². The van der Waals surface area contributed by atoms with Crippen LogP contribution in [0, 0.1) is 10.1 Å². The van der Waals surface area contributed by atoms with Crippen LogP contribution in [0.5, 0.6) is 0 Å². The molecule has 0 aliphatic rings. The van der Waals surface area contributed by atoms with Crippen LogP contribution < -0.4 is 5.32 Å². The van der Waals surface area contributed by atoms with Gasteiger partial charge in [-0.1, -0.05) is 0 Å². The zero-order valence-corrected chi connectivity index (χ0v) is 8.82. The van der Waals surface area contributed by atoms with E-state index in [1.165, 1.54) is 6.07 Å². The van der Waals surface area contributed by atoms with Gasteiger partial charge in [0.1, 0.15) is 5.69 Å². The van der Waals surface area contributed by atoms with Crippen LogP contribution in [0.15, 0.2) is 18.2 Å². The minimum Gasteiger partial charge on any atom is -0.383 e. The standard InChI is InChI=1S/C10H14N2O3/c1-3-15-7-8-4-5-10(12(13)14)9(6-8)11-2/h4-6,11H,3,7H2,1-2H3. The molecule has 0 aliphatic carbocycles. The van der Waals surface area contributed by atoms with E-state index in [1.54, 1.807) is 19.2 Å². The Morgan fingerprint density at radius 1 is 1.53 bits per heavy atom. The highest BCUT2D eigenvalue weighted by molar-refractivity contribution is 5.62. The Balaban J connectivity index is 2.92. The average Bonchev–Trinajstić information content (AvgIpc) is 2.25. The Morgan fingerprint density at radius 2 is 2.27 bits per heavy atom. The lowest BCUT2D eigenvalue weighted by Crippen LogP contribution is -1.99. The Kier molecular flexibility index (Phi) is 4.05. The van der Waals surface area contributed by atoms with E-state index >= 15 is 0 Å². The Hall–Kier alpha value is -1.62. The summed E-state index contributed by atoms with van der Waals surface area (Å²) in [6.07, 6.45) is 0. The van der Waals surface area contributed by atoms with Crippen molar-refractivity contribution in [1.29, 1.82) is 0 Å². The first kappa shape index (κ1) is 11.5. The Labute approximate surface area is 88.2 Å². The molecule has 0 radical (unpaired) electrons. The van der Waals surface area contributed by atoms with Crippen LogP contribution in [0.1, 0.15) is 12.5 Å². The van der Waals surface area contributed by atoms with Gasteiger partial charge in [0.05, 0.1) is 11.5 Å². The molecule has 5 heteroatoms. The third-order valence-corrected chi connectivity index (χ3v) is 2.00. The molecule has 0 bridgehead atoms. The van der Waals surface area contributed by atoms with Crippen molar-refractivity contribution in [3.8, 4) is 0 Å². The van der Waals surface area contributed by atoms with Gasteiger partial charge in [0.15, 0.2) is 0 Å². The summed E-state index contributed by atoms with van der Waals surface area (Å²) in [4.78, 5) is 10.2. The van der Waals surface area contributed by atoms with Crippen LogP contribution in [0.4, 0.5) is 11.4 Å². The van der Waals surface area contributed by atoms with Gasteiger partial charge < -0.3 is 10.1 Å². The third-order valence-electron chi connectivity index (χ3n) is 2.00. The smallest absolute Gasteiger partial charge is 0.292 e. The van der Waals surface area contributed by atoms with Crippen LogP contribution in [0.2, 0.25) is 0 Å². The first-order valence-corrected chi connectivity index (χ1v) is 4.71. The number of rotatable bonds is 5. The number of anilines is 1. The van der Waals surface area contributed by atoms with Crippen LogP contribution in [0.3, 0.4) is 0 Å². The van der Waals surface area contributed by atoms with Gasteiger partial charge in [-0.2, -0.15) is 0 Å². The van der Waals surface area contributed by atoms with Crippen molar-refractivity contribution < 1.29 is 9.66 Å². The fourth-order valence-corrected chi connectivity index (χ4v) is 1.25. The van der Waals surface area contributed by atoms with Crippen molar-refractivity contribution in [1.82, 2.24) is 0 Å². The lowest BCUT2D eigenvalue weighted by atomic mass is 10.2. The van der Waals surface area contributed by atoms with Crippen LogP contribution in [0.25, 0.3) is 0 Å². The van der Waals surface area contributed by atoms with Gasteiger partial charge >= 0.3 is 0 Å². The monoisotopic (exact) mass is 210 g/mol. The number of nitro benzene ring substituents is 1. The van der Waals surface area contributed by atoms with Gasteiger partial charge in [0.2, 0.25) is 0 Å². The first-order valence-electron chi connectivity index (χ1n) is 4.71. The van der Waals surface area contributed by atoms with Gasteiger partial charge in [-0.25, -0.2) is 0 Å². The molecule has 0 spiro atoms. The molecule has 0 fully saturated rings. The highest BCUT2D eigenvalue weighted by atomic mass is 16.6. The second kappa shape index (κ2) is 5.31. The van der Waals surface area contributed by atoms with Crippen LogP contribution in [-0.2, 0) is 11.3 Å². The molecule has 82 valence electrons. The van der Waals surface area contributed by atoms with Gasteiger partial charge in [0.25, 0.3) is 5.69 Å². The van der Waals surface area contributed by atoms with E-state index in [1.807, 2.05) is 6.92 Å². The number of nitro groups is 1. The number of ether oxygens (including phenoxy) is 1. The van der Waals surface area contributed by atoms with Crippen molar-refractivity contribution in [3.63, 3.8) is 0 Å². The largest absolute Gasteiger partial charge is 0.383 e. The van der Waals surface area contributed by atoms with Gasteiger partial charge in [-0.05, 0) is 24.6 Å². The molecule has 1 aromatic rings. The molecule has 0 atom stereocenters. The average molecular weight is 210 g/mol. The molecule has 1 aromatic carbocycles. The van der Waals surface area contributed by atoms with Crippen molar-refractivity contribution >= 4 is 11.4 Å². The van der Waals surface area contributed by atoms with E-state index in [0.29, 0.717) is 18.9 Å². The van der Waals surface area contributed by atoms with E-state index in [2.05, 4.69) is 5.32 Å². The highest BCUT2D eigenvalue weighted by Crippen LogP contribution is 2.25. The SMILES string of the molecule is CCOCc1ccc([N+](=O)[O-])c(NC)c1. The summed E-state index contributed by atoms with van der Waals surface area (Å²) in [5, 5.41) is 13.4. The summed E-state index contributed by atoms with van der Waals surface area (Å²) < 4.78 is 5.22. The zero-order chi connectivity index (χ0) is 11.3. The lowest BCUT2D eigenvalue weighted by Gasteiger charge is -2.05. The molecule has 0 heterocycles. The summed E-state index contributed by atoms with van der Waals surface area (Å²) in [5.41, 5.74) is 1.52. The number of hydrogen-bond donors (Lipinski definition) is 1. The summed E-state index contributed by atoms with van der Waals surface area (Å²) in [7, 11) is 1.66. The molecule has 0 amide bonds. The number of hydrogen-bond acceptors (Lipinski definition) is 4. The van der Waals surface area contributed by atoms with E-state index in [4.69, 9.17) is 4.74 Å². The molecule has 0 saturated carbocycles. The van der Waals surface area contributed by atoms with E-state index in [-0.39, 0.29) is 5.69 Å². The summed E-state index contributed by atoms with van der Waals surface area (Å²) in [5.74, 6) is 0. The first-order chi connectivity index (χ1) is 7.19. The minimum atomic E-state index is -0.406. The summed E-state index contributed by atoms with van der Waals surface area (Å²) >= 11 is 0. The Morgan fingerprint density at radius 3 is 2.80 bits per heavy atom. The number of benzene rings is 1. The van der Waals surface area contributed by atoms with Crippen molar-refractivity contribution in [2.24, 2.45) is 0 Å². The van der Waals surface area contributed by atoms with E-state index < -0.39 is 4.92 Å². The maximum Gasteiger partial charge on any atom is 0.292 e. The van der Waals surface area contributed by atoms with E-state index in [0.717, 1.165) is 5.56 Å². The molecule has 1 rings (SSSR count). The second-order valence-electron chi connectivity index (χ2n) is 3.00. The fourth-order valence-electron chi connectivity index (χ4n) is 1.25. The molecule has 1 N–H and O–H groups in total. The van der Waals surface area contributed by atoms with Gasteiger partial charge in [-0.15, -0.1) is 0 Å². The fraction of sp³-hybridized carbons (Fsp3) is 0.400. The number of nitrogens with zero attached hydrogens (tertiary/aromatic N) is 1. The van der Waals surface area contributed by atoms with Crippen LogP contribution >= 0.6 is 0 Å². The number of nitrogens with one attached hydrogen (secondary N) is 1. The third kappa shape index (κ3) is 2.92. The normalized spacial score (nSPS) is 10.0. The molecule has 0 aliphatic heterocycles. The quantitative estimate of drug-likeness (QED) is 0.597. The molecular weight excluding hydrogens is 196 g/mol. The minimum absolute atomic E-state index is 0.0812. The molecular formula is C10H14N2O3. The maximum absolute atomic E-state index is 10.6. The highest BCUT2D eigenvalue weighted by Gasteiger charge is 2.12. The second-order valence-corrected chi connectivity index (χ2v) is 3.00. The van der Waals surface area contributed by atoms with Crippen molar-refractivity contribution in [3.05, 3.63) is 33.9 Å². The molecule has 0 aromatic heterocycles. The molecule has 15 heavy (non-hydrogen) atoms. The molecule has 5 nitrogen and oxygen atoms in total.